The molecule has 0 N–H and O–H groups in total. The van der Waals surface area contributed by atoms with Gasteiger partial charge in [0.05, 0.1) is 21.6 Å². The van der Waals surface area contributed by atoms with Crippen LogP contribution in [0, 0.1) is 10.1 Å². The predicted octanol–water partition coefficient (Wildman–Crippen LogP) is 3.83. The predicted molar refractivity (Wildman–Crippen MR) is 102 cm³/mol. The van der Waals surface area contributed by atoms with Gasteiger partial charge in [0.15, 0.2) is 4.32 Å². The van der Waals surface area contributed by atoms with Gasteiger partial charge in [0.25, 0.3) is 11.6 Å². The molecular formula is C17H11N3O3S2. The van der Waals surface area contributed by atoms with Crippen LogP contribution in [0.4, 0.5) is 5.69 Å². The van der Waals surface area contributed by atoms with Gasteiger partial charge in [-0.2, -0.15) is 10.1 Å². The number of hydrogen-bond acceptors (Lipinski definition) is 6. The smallest absolute Gasteiger partial charge is 0.266 e. The fourth-order valence-corrected chi connectivity index (χ4v) is 3.30. The van der Waals surface area contributed by atoms with E-state index < -0.39 is 10.8 Å². The third-order valence-corrected chi connectivity index (χ3v) is 4.60. The van der Waals surface area contributed by atoms with Crippen LogP contribution in [0.25, 0.3) is 6.08 Å². The third-order valence-electron chi connectivity index (χ3n) is 3.32. The Morgan fingerprint density at radius 1 is 1.12 bits per heavy atom. The van der Waals surface area contributed by atoms with Crippen molar-refractivity contribution in [1.82, 2.24) is 5.01 Å². The number of para-hydroxylation sites is 1. The average Bonchev–Trinajstić information content (AvgIpc) is 2.88. The Bertz CT molecular complexity index is 910. The van der Waals surface area contributed by atoms with E-state index in [-0.39, 0.29) is 10.0 Å². The van der Waals surface area contributed by atoms with Gasteiger partial charge in [0.1, 0.15) is 0 Å². The second-order valence-corrected chi connectivity index (χ2v) is 6.64. The van der Waals surface area contributed by atoms with E-state index in [1.807, 2.05) is 30.3 Å². The molecule has 25 heavy (non-hydrogen) atoms. The molecule has 2 aromatic rings. The van der Waals surface area contributed by atoms with Crippen molar-refractivity contribution in [2.24, 2.45) is 5.10 Å². The molecule has 1 aliphatic heterocycles. The minimum absolute atomic E-state index is 0.0689. The zero-order chi connectivity index (χ0) is 17.8. The molecule has 1 saturated heterocycles. The summed E-state index contributed by atoms with van der Waals surface area (Å²) >= 11 is 6.25. The largest absolute Gasteiger partial charge is 0.286 e. The molecule has 0 spiro atoms. The Balaban J connectivity index is 1.87. The molecule has 0 radical (unpaired) electrons. The molecule has 0 bridgehead atoms. The number of thioether (sulfide) groups is 1. The zero-order valence-corrected chi connectivity index (χ0v) is 14.4. The lowest BCUT2D eigenvalue weighted by Gasteiger charge is -2.05. The van der Waals surface area contributed by atoms with E-state index in [2.05, 4.69) is 5.10 Å². The standard InChI is InChI=1S/C17H11N3O3S2/c21-16-15(10-13-8-4-5-9-14(13)20(22)23)25-17(24)19(16)18-11-12-6-2-1-3-7-12/h1-11H/b15-10+,18-11+. The maximum Gasteiger partial charge on any atom is 0.286 e. The number of nitro groups is 1. The lowest BCUT2D eigenvalue weighted by molar-refractivity contribution is -0.385. The van der Waals surface area contributed by atoms with Gasteiger partial charge in [-0.05, 0) is 29.9 Å². The molecule has 0 unspecified atom stereocenters. The quantitative estimate of drug-likeness (QED) is 0.269. The fourth-order valence-electron chi connectivity index (χ4n) is 2.14. The van der Waals surface area contributed by atoms with Crippen molar-refractivity contribution in [1.29, 1.82) is 0 Å². The normalized spacial score (nSPS) is 16.2. The molecule has 1 heterocycles. The molecule has 124 valence electrons. The summed E-state index contributed by atoms with van der Waals surface area (Å²) in [6.07, 6.45) is 3.01. The van der Waals surface area contributed by atoms with Crippen molar-refractivity contribution in [2.45, 2.75) is 0 Å². The van der Waals surface area contributed by atoms with Gasteiger partial charge in [0.2, 0.25) is 0 Å². The van der Waals surface area contributed by atoms with Gasteiger partial charge >= 0.3 is 0 Å². The maximum atomic E-state index is 12.5. The second kappa shape index (κ2) is 7.37. The van der Waals surface area contributed by atoms with E-state index in [1.165, 1.54) is 12.1 Å². The number of amides is 1. The Morgan fingerprint density at radius 2 is 1.80 bits per heavy atom. The number of carbonyl (C=O) groups excluding carboxylic acids is 1. The first kappa shape index (κ1) is 17.0. The van der Waals surface area contributed by atoms with Crippen LogP contribution in [0.2, 0.25) is 0 Å². The molecule has 1 fully saturated rings. The van der Waals surface area contributed by atoms with Crippen molar-refractivity contribution < 1.29 is 9.72 Å². The molecule has 1 amide bonds. The molecule has 1 aliphatic rings. The molecule has 8 heteroatoms. The summed E-state index contributed by atoms with van der Waals surface area (Å²) in [5, 5.41) is 16.3. The van der Waals surface area contributed by atoms with Gasteiger partial charge < -0.3 is 0 Å². The Kier molecular flexibility index (Phi) is 5.01. The molecule has 0 saturated carbocycles. The highest BCUT2D eigenvalue weighted by Crippen LogP contribution is 2.34. The maximum absolute atomic E-state index is 12.5. The van der Waals surface area contributed by atoms with Crippen molar-refractivity contribution in [3.63, 3.8) is 0 Å². The number of rotatable bonds is 4. The molecule has 6 nitrogen and oxygen atoms in total. The molecule has 0 aliphatic carbocycles. The van der Waals surface area contributed by atoms with E-state index in [4.69, 9.17) is 12.2 Å². The van der Waals surface area contributed by atoms with Crippen molar-refractivity contribution in [3.05, 3.63) is 80.7 Å². The van der Waals surface area contributed by atoms with Crippen LogP contribution < -0.4 is 0 Å². The Hall–Kier alpha value is -2.84. The summed E-state index contributed by atoms with van der Waals surface area (Å²) in [7, 11) is 0. The summed E-state index contributed by atoms with van der Waals surface area (Å²) < 4.78 is 0.280. The van der Waals surface area contributed by atoms with Crippen molar-refractivity contribution in [2.75, 3.05) is 0 Å². The van der Waals surface area contributed by atoms with Gasteiger partial charge in [0, 0.05) is 6.07 Å². The van der Waals surface area contributed by atoms with Gasteiger partial charge in [-0.15, -0.1) is 0 Å². The minimum atomic E-state index is -0.486. The van der Waals surface area contributed by atoms with Crippen LogP contribution in [0.3, 0.4) is 0 Å². The zero-order valence-electron chi connectivity index (χ0n) is 12.7. The number of carbonyl (C=O) groups is 1. The number of thiocarbonyl (C=S) groups is 1. The highest BCUT2D eigenvalue weighted by atomic mass is 32.2. The molecule has 0 aromatic heterocycles. The van der Waals surface area contributed by atoms with E-state index >= 15 is 0 Å². The molecule has 3 rings (SSSR count). The first-order valence-corrected chi connectivity index (χ1v) is 8.39. The van der Waals surface area contributed by atoms with Crippen molar-refractivity contribution in [3.8, 4) is 0 Å². The number of nitro benzene ring substituents is 1. The van der Waals surface area contributed by atoms with Crippen LogP contribution in [-0.4, -0.2) is 26.4 Å². The summed E-state index contributed by atoms with van der Waals surface area (Å²) in [5.74, 6) is -0.402. The first-order valence-electron chi connectivity index (χ1n) is 7.16. The van der Waals surface area contributed by atoms with Gasteiger partial charge in [-0.25, -0.2) is 0 Å². The fraction of sp³-hybridized carbons (Fsp3) is 0. The molecule has 0 atom stereocenters. The van der Waals surface area contributed by atoms with E-state index in [0.717, 1.165) is 22.3 Å². The van der Waals surface area contributed by atoms with Crippen molar-refractivity contribution >= 4 is 52.2 Å². The highest BCUT2D eigenvalue weighted by Gasteiger charge is 2.32. The van der Waals surface area contributed by atoms with Crippen LogP contribution in [0.5, 0.6) is 0 Å². The molecular weight excluding hydrogens is 358 g/mol. The second-order valence-electron chi connectivity index (χ2n) is 4.96. The topological polar surface area (TPSA) is 75.8 Å². The number of hydrogen-bond donors (Lipinski definition) is 0. The van der Waals surface area contributed by atoms with E-state index in [9.17, 15) is 14.9 Å². The Labute approximate surface area is 153 Å². The summed E-state index contributed by atoms with van der Waals surface area (Å²) in [5.41, 5.74) is 1.11. The lowest BCUT2D eigenvalue weighted by Crippen LogP contribution is -2.22. The van der Waals surface area contributed by atoms with E-state index in [1.54, 1.807) is 24.4 Å². The molecule has 2 aromatic carbocycles. The van der Waals surface area contributed by atoms with Gasteiger partial charge in [-0.3, -0.25) is 14.9 Å². The van der Waals surface area contributed by atoms with Crippen LogP contribution >= 0.6 is 24.0 Å². The summed E-state index contributed by atoms with van der Waals surface area (Å²) in [6, 6.07) is 15.5. The average molecular weight is 369 g/mol. The number of benzene rings is 2. The monoisotopic (exact) mass is 369 g/mol. The van der Waals surface area contributed by atoms with Crippen LogP contribution in [0.15, 0.2) is 64.6 Å². The van der Waals surface area contributed by atoms with E-state index in [0.29, 0.717) is 10.5 Å². The minimum Gasteiger partial charge on any atom is -0.266 e. The lowest BCUT2D eigenvalue weighted by atomic mass is 10.1. The first-order chi connectivity index (χ1) is 12.1. The Morgan fingerprint density at radius 3 is 2.52 bits per heavy atom. The number of nitrogens with zero attached hydrogens (tertiary/aromatic N) is 3. The summed E-state index contributed by atoms with van der Waals surface area (Å²) in [4.78, 5) is 23.4. The van der Waals surface area contributed by atoms with Crippen LogP contribution in [-0.2, 0) is 4.79 Å². The highest BCUT2D eigenvalue weighted by molar-refractivity contribution is 8.26. The third kappa shape index (κ3) is 3.81. The number of hydrazone groups is 1. The SMILES string of the molecule is O=C1/C(=C\c2ccccc2[N+](=O)[O-])SC(=S)N1/N=C/c1ccccc1. The van der Waals surface area contributed by atoms with Crippen LogP contribution in [0.1, 0.15) is 11.1 Å². The summed E-state index contributed by atoms with van der Waals surface area (Å²) in [6.45, 7) is 0. The van der Waals surface area contributed by atoms with Gasteiger partial charge in [-0.1, -0.05) is 54.2 Å².